The molecule has 0 saturated heterocycles. The van der Waals surface area contributed by atoms with Crippen LogP contribution in [0.25, 0.3) is 11.0 Å². The number of rotatable bonds is 0. The zero-order valence-corrected chi connectivity index (χ0v) is 10.9. The number of nitrogens with zero attached hydrogens (tertiary/aromatic N) is 2. The van der Waals surface area contributed by atoms with Crippen LogP contribution in [0.1, 0.15) is 5.56 Å². The van der Waals surface area contributed by atoms with Crippen LogP contribution in [0.4, 0.5) is 0 Å². The Bertz CT molecular complexity index is 543. The molecule has 15 heavy (non-hydrogen) atoms. The summed E-state index contributed by atoms with van der Waals surface area (Å²) in [5, 5.41) is 0. The van der Waals surface area contributed by atoms with Gasteiger partial charge in [-0.15, -0.1) is 5.54 Å². The van der Waals surface area contributed by atoms with Gasteiger partial charge in [0.25, 0.3) is 0 Å². The first-order valence-electron chi connectivity index (χ1n) is 4.81. The highest BCUT2D eigenvalue weighted by Crippen LogP contribution is 2.15. The van der Waals surface area contributed by atoms with Crippen LogP contribution in [0.15, 0.2) is 18.2 Å². The predicted octanol–water partition coefficient (Wildman–Crippen LogP) is 2.92. The molecule has 0 saturated carbocycles. The zero-order chi connectivity index (χ0) is 10.9. The summed E-state index contributed by atoms with van der Waals surface area (Å²) in [7, 11) is -1.31. The van der Waals surface area contributed by atoms with Gasteiger partial charge in [0.2, 0.25) is 0 Å². The summed E-state index contributed by atoms with van der Waals surface area (Å²) >= 11 is 1.24. The van der Waals surface area contributed by atoms with Crippen LogP contribution in [-0.4, -0.2) is 16.8 Å². The Labute approximate surface area is 94.7 Å². The van der Waals surface area contributed by atoms with Gasteiger partial charge in [-0.2, -0.15) is 8.75 Å². The molecule has 0 aliphatic rings. The predicted molar refractivity (Wildman–Crippen MR) is 67.6 cm³/mol. The van der Waals surface area contributed by atoms with E-state index in [2.05, 4.69) is 39.9 Å². The van der Waals surface area contributed by atoms with E-state index >= 15 is 0 Å². The van der Waals surface area contributed by atoms with Crippen LogP contribution >= 0.6 is 11.7 Å². The summed E-state index contributed by atoms with van der Waals surface area (Å²) in [6.45, 7) is 6.71. The Morgan fingerprint density at radius 3 is 2.73 bits per heavy atom. The Morgan fingerprint density at radius 2 is 2.00 bits per heavy atom. The summed E-state index contributed by atoms with van der Waals surface area (Å²) in [4.78, 5) is 0. The minimum Gasteiger partial charge on any atom is -0.173 e. The van der Waals surface area contributed by atoms with Gasteiger partial charge in [-0.3, -0.25) is 0 Å². The van der Waals surface area contributed by atoms with Gasteiger partial charge in [-0.25, -0.2) is 0 Å². The molecule has 1 aromatic heterocycles. The Hall–Kier alpha value is -1.18. The zero-order valence-electron chi connectivity index (χ0n) is 9.03. The van der Waals surface area contributed by atoms with E-state index in [9.17, 15) is 0 Å². The average molecular weight is 232 g/mol. The van der Waals surface area contributed by atoms with Gasteiger partial charge in [0.1, 0.15) is 19.1 Å². The van der Waals surface area contributed by atoms with Crippen molar-refractivity contribution < 1.29 is 0 Å². The van der Waals surface area contributed by atoms with Gasteiger partial charge in [-0.1, -0.05) is 31.6 Å². The molecular formula is C11H12N2SSi. The average Bonchev–Trinajstić information content (AvgIpc) is 2.61. The van der Waals surface area contributed by atoms with Crippen molar-refractivity contribution in [2.75, 3.05) is 0 Å². The highest BCUT2D eigenvalue weighted by Gasteiger charge is 2.08. The standard InChI is InChI=1S/C11H12N2SSi/c1-15(2,3)8-7-9-5-4-6-10-11(9)13-14-12-10/h4-6H,1-3H3. The van der Waals surface area contributed by atoms with Crippen molar-refractivity contribution in [3.05, 3.63) is 23.8 Å². The van der Waals surface area contributed by atoms with Crippen LogP contribution in [0.3, 0.4) is 0 Å². The van der Waals surface area contributed by atoms with Crippen LogP contribution in [-0.2, 0) is 0 Å². The van der Waals surface area contributed by atoms with Crippen LogP contribution < -0.4 is 0 Å². The first-order valence-corrected chi connectivity index (χ1v) is 9.04. The van der Waals surface area contributed by atoms with Gasteiger partial charge >= 0.3 is 0 Å². The topological polar surface area (TPSA) is 25.8 Å². The van der Waals surface area contributed by atoms with Crippen LogP contribution in [0, 0.1) is 11.5 Å². The SMILES string of the molecule is C[Si](C)(C)C#Cc1cccc2nsnc12. The molecule has 0 spiro atoms. The van der Waals surface area contributed by atoms with E-state index in [1.54, 1.807) is 0 Å². The maximum Gasteiger partial charge on any atom is 0.129 e. The number of fused-ring (bicyclic) bond motifs is 1. The highest BCUT2D eigenvalue weighted by atomic mass is 32.1. The summed E-state index contributed by atoms with van der Waals surface area (Å²) < 4.78 is 8.46. The molecule has 2 nitrogen and oxygen atoms in total. The lowest BCUT2D eigenvalue weighted by Crippen LogP contribution is -2.16. The van der Waals surface area contributed by atoms with Crippen molar-refractivity contribution in [3.8, 4) is 11.5 Å². The van der Waals surface area contributed by atoms with Gasteiger partial charge in [0.15, 0.2) is 0 Å². The molecule has 0 amide bonds. The largest absolute Gasteiger partial charge is 0.173 e. The van der Waals surface area contributed by atoms with Crippen LogP contribution in [0.5, 0.6) is 0 Å². The maximum absolute atomic E-state index is 4.26. The number of hydrogen-bond acceptors (Lipinski definition) is 3. The highest BCUT2D eigenvalue weighted by molar-refractivity contribution is 7.00. The van der Waals surface area contributed by atoms with Gasteiger partial charge in [-0.05, 0) is 12.1 Å². The molecule has 1 heterocycles. The number of aromatic nitrogens is 2. The quantitative estimate of drug-likeness (QED) is 0.515. The second-order valence-corrected chi connectivity index (χ2v) is 9.72. The summed E-state index contributed by atoms with van der Waals surface area (Å²) in [6, 6.07) is 5.97. The first-order chi connectivity index (χ1) is 7.06. The van der Waals surface area contributed by atoms with E-state index in [1.165, 1.54) is 11.7 Å². The Kier molecular flexibility index (Phi) is 2.59. The van der Waals surface area contributed by atoms with Crippen molar-refractivity contribution in [2.45, 2.75) is 19.6 Å². The molecule has 2 rings (SSSR count). The summed E-state index contributed by atoms with van der Waals surface area (Å²) in [6.07, 6.45) is 0. The molecule has 0 aliphatic heterocycles. The maximum atomic E-state index is 4.26. The molecule has 0 aliphatic carbocycles. The number of hydrogen-bond donors (Lipinski definition) is 0. The third-order valence-electron chi connectivity index (χ3n) is 1.86. The molecule has 1 aromatic carbocycles. The van der Waals surface area contributed by atoms with Crippen molar-refractivity contribution in [1.82, 2.24) is 8.75 Å². The van der Waals surface area contributed by atoms with Crippen molar-refractivity contribution in [3.63, 3.8) is 0 Å². The molecule has 0 unspecified atom stereocenters. The van der Waals surface area contributed by atoms with Crippen molar-refractivity contribution >= 4 is 30.8 Å². The molecule has 4 heteroatoms. The Balaban J connectivity index is 2.51. The normalized spacial score (nSPS) is 11.1. The van der Waals surface area contributed by atoms with Gasteiger partial charge < -0.3 is 0 Å². The van der Waals surface area contributed by atoms with Gasteiger partial charge in [0, 0.05) is 0 Å². The first kappa shape index (κ1) is 10.3. The van der Waals surface area contributed by atoms with E-state index in [0.717, 1.165) is 16.6 Å². The lowest BCUT2D eigenvalue weighted by molar-refractivity contribution is 1.61. The minimum atomic E-state index is -1.31. The van der Waals surface area contributed by atoms with Crippen LogP contribution in [0.2, 0.25) is 19.6 Å². The molecule has 0 fully saturated rings. The fraction of sp³-hybridized carbons (Fsp3) is 0.273. The molecule has 0 N–H and O–H groups in total. The monoisotopic (exact) mass is 232 g/mol. The van der Waals surface area contributed by atoms with Crippen molar-refractivity contribution in [1.29, 1.82) is 0 Å². The third kappa shape index (κ3) is 2.43. The molecule has 0 radical (unpaired) electrons. The van der Waals surface area contributed by atoms with E-state index in [-0.39, 0.29) is 0 Å². The minimum absolute atomic E-state index is 0.938. The number of benzene rings is 1. The summed E-state index contributed by atoms with van der Waals surface area (Å²) in [5.74, 6) is 3.23. The second-order valence-electron chi connectivity index (χ2n) is 4.44. The molecule has 2 aromatic rings. The molecule has 0 atom stereocenters. The molecule has 0 bridgehead atoms. The second kappa shape index (κ2) is 3.76. The van der Waals surface area contributed by atoms with Gasteiger partial charge in [0.05, 0.1) is 17.3 Å². The summed E-state index contributed by atoms with van der Waals surface area (Å²) in [5.41, 5.74) is 6.23. The third-order valence-corrected chi connectivity index (χ3v) is 3.28. The molecule has 76 valence electrons. The van der Waals surface area contributed by atoms with E-state index in [1.807, 2.05) is 18.2 Å². The Morgan fingerprint density at radius 1 is 1.20 bits per heavy atom. The molecular weight excluding hydrogens is 220 g/mol. The lowest BCUT2D eigenvalue weighted by atomic mass is 10.2. The smallest absolute Gasteiger partial charge is 0.129 e. The fourth-order valence-corrected chi connectivity index (χ4v) is 2.22. The lowest BCUT2D eigenvalue weighted by Gasteiger charge is -2.03. The van der Waals surface area contributed by atoms with E-state index in [4.69, 9.17) is 0 Å². The van der Waals surface area contributed by atoms with E-state index < -0.39 is 8.07 Å². The van der Waals surface area contributed by atoms with Crippen molar-refractivity contribution in [2.24, 2.45) is 0 Å². The van der Waals surface area contributed by atoms with E-state index in [0.29, 0.717) is 0 Å². The fourth-order valence-electron chi connectivity index (χ4n) is 1.16.